The number of imidazole rings is 1. The van der Waals surface area contributed by atoms with E-state index in [0.717, 1.165) is 21.3 Å². The van der Waals surface area contributed by atoms with Crippen molar-refractivity contribution in [2.45, 2.75) is 19.3 Å². The van der Waals surface area contributed by atoms with Crippen molar-refractivity contribution in [3.63, 3.8) is 0 Å². The van der Waals surface area contributed by atoms with Crippen LogP contribution in [0.3, 0.4) is 0 Å². The van der Waals surface area contributed by atoms with E-state index in [1.165, 1.54) is 0 Å². The van der Waals surface area contributed by atoms with Gasteiger partial charge in [0.2, 0.25) is 5.82 Å². The average Bonchev–Trinajstić information content (AvgIpc) is 3.35. The highest BCUT2D eigenvalue weighted by Crippen LogP contribution is 2.32. The number of aromatic nitrogens is 4. The molecule has 2 aromatic heterocycles. The summed E-state index contributed by atoms with van der Waals surface area (Å²) in [5.41, 5.74) is 3.66. The van der Waals surface area contributed by atoms with Crippen molar-refractivity contribution in [2.24, 2.45) is 0 Å². The van der Waals surface area contributed by atoms with Crippen molar-refractivity contribution >= 4 is 15.9 Å². The van der Waals surface area contributed by atoms with Crippen LogP contribution in [0.5, 0.6) is 0 Å². The van der Waals surface area contributed by atoms with E-state index in [0.29, 0.717) is 30.6 Å². The van der Waals surface area contributed by atoms with Gasteiger partial charge in [-0.05, 0) is 17.7 Å². The van der Waals surface area contributed by atoms with Gasteiger partial charge in [0.05, 0.1) is 25.2 Å². The highest BCUT2D eigenvalue weighted by Gasteiger charge is 2.26. The summed E-state index contributed by atoms with van der Waals surface area (Å²) in [5.74, 6) is 0.925. The number of fused-ring (bicyclic) bond motifs is 1. The van der Waals surface area contributed by atoms with Crippen LogP contribution < -0.4 is 0 Å². The zero-order valence-corrected chi connectivity index (χ0v) is 15.8. The van der Waals surface area contributed by atoms with Crippen LogP contribution in [0.2, 0.25) is 0 Å². The fourth-order valence-corrected chi connectivity index (χ4v) is 3.71. The highest BCUT2D eigenvalue weighted by molar-refractivity contribution is 9.10. The maximum atomic E-state index is 6.06. The third-order valence-corrected chi connectivity index (χ3v) is 5.34. The summed E-state index contributed by atoms with van der Waals surface area (Å²) in [6, 6.07) is 18.0. The zero-order valence-electron chi connectivity index (χ0n) is 14.2. The van der Waals surface area contributed by atoms with Crippen molar-refractivity contribution in [1.82, 2.24) is 19.7 Å². The molecule has 1 atom stereocenters. The van der Waals surface area contributed by atoms with Crippen LogP contribution >= 0.6 is 15.9 Å². The van der Waals surface area contributed by atoms with Gasteiger partial charge < -0.3 is 13.8 Å². The van der Waals surface area contributed by atoms with E-state index >= 15 is 0 Å². The number of benzene rings is 2. The quantitative estimate of drug-likeness (QED) is 0.481. The molecule has 0 saturated carbocycles. The summed E-state index contributed by atoms with van der Waals surface area (Å²) >= 11 is 3.52. The lowest BCUT2D eigenvalue weighted by molar-refractivity contribution is 0.00330. The molecule has 5 rings (SSSR count). The van der Waals surface area contributed by atoms with Crippen LogP contribution in [0.25, 0.3) is 23.0 Å². The number of hydrogen-bond acceptors (Lipinski definition) is 5. The maximum absolute atomic E-state index is 6.06. The fraction of sp³-hybridized carbons (Fsp3) is 0.150. The Morgan fingerprint density at radius 2 is 1.85 bits per heavy atom. The molecule has 1 aliphatic rings. The predicted octanol–water partition coefficient (Wildman–Crippen LogP) is 4.63. The fourth-order valence-electron chi connectivity index (χ4n) is 3.25. The lowest BCUT2D eigenvalue weighted by atomic mass is 10.1. The first-order chi connectivity index (χ1) is 13.3. The lowest BCUT2D eigenvalue weighted by Gasteiger charge is -2.25. The lowest BCUT2D eigenvalue weighted by Crippen LogP contribution is -2.20. The standard InChI is InChI=1S/C20H15BrN4O2/c21-15-9-5-4-8-14(15)19-23-20(27-24-19)18-16-11-26-17(10-25(16)12-22-18)13-6-2-1-3-7-13/h1-9,12,17H,10-11H2/t17-/m0/s1. The van der Waals surface area contributed by atoms with Crippen LogP contribution in [0.15, 0.2) is 69.9 Å². The van der Waals surface area contributed by atoms with Gasteiger partial charge in [0.15, 0.2) is 5.69 Å². The van der Waals surface area contributed by atoms with Crippen molar-refractivity contribution in [2.75, 3.05) is 0 Å². The smallest absolute Gasteiger partial charge is 0.278 e. The monoisotopic (exact) mass is 422 g/mol. The minimum absolute atomic E-state index is 0.0132. The van der Waals surface area contributed by atoms with Crippen molar-refractivity contribution < 1.29 is 9.26 Å². The van der Waals surface area contributed by atoms with Crippen LogP contribution in [-0.4, -0.2) is 19.7 Å². The largest absolute Gasteiger partial charge is 0.365 e. The van der Waals surface area contributed by atoms with Crippen LogP contribution in [0.4, 0.5) is 0 Å². The molecular formula is C20H15BrN4O2. The van der Waals surface area contributed by atoms with E-state index in [9.17, 15) is 0 Å². The Labute approximate surface area is 163 Å². The van der Waals surface area contributed by atoms with E-state index < -0.39 is 0 Å². The third-order valence-electron chi connectivity index (χ3n) is 4.64. The van der Waals surface area contributed by atoms with Gasteiger partial charge in [-0.25, -0.2) is 4.98 Å². The van der Waals surface area contributed by atoms with Crippen molar-refractivity contribution in [1.29, 1.82) is 0 Å². The molecule has 0 fully saturated rings. The van der Waals surface area contributed by atoms with Crippen LogP contribution in [0.1, 0.15) is 17.4 Å². The van der Waals surface area contributed by atoms with E-state index in [4.69, 9.17) is 9.26 Å². The molecule has 6 nitrogen and oxygen atoms in total. The summed E-state index contributed by atoms with van der Waals surface area (Å²) in [4.78, 5) is 9.03. The summed E-state index contributed by atoms with van der Waals surface area (Å²) in [6.07, 6.45) is 1.82. The van der Waals surface area contributed by atoms with Gasteiger partial charge in [-0.3, -0.25) is 0 Å². The molecule has 7 heteroatoms. The van der Waals surface area contributed by atoms with Crippen molar-refractivity contribution in [3.05, 3.63) is 76.7 Å². The molecule has 0 amide bonds. The molecule has 0 spiro atoms. The Hall–Kier alpha value is -2.77. The van der Waals surface area contributed by atoms with Crippen LogP contribution in [-0.2, 0) is 17.9 Å². The maximum Gasteiger partial charge on any atom is 0.278 e. The molecule has 0 unspecified atom stereocenters. The zero-order chi connectivity index (χ0) is 18.2. The third kappa shape index (κ3) is 2.98. The first-order valence-corrected chi connectivity index (χ1v) is 9.38. The number of ether oxygens (including phenoxy) is 1. The second-order valence-corrected chi connectivity index (χ2v) is 7.16. The van der Waals surface area contributed by atoms with Crippen LogP contribution in [0, 0.1) is 0 Å². The molecule has 134 valence electrons. The average molecular weight is 423 g/mol. The molecule has 0 aliphatic carbocycles. The number of halogens is 1. The Bertz CT molecular complexity index is 1090. The highest BCUT2D eigenvalue weighted by atomic mass is 79.9. The van der Waals surface area contributed by atoms with E-state index in [-0.39, 0.29) is 6.10 Å². The van der Waals surface area contributed by atoms with Gasteiger partial charge in [-0.2, -0.15) is 4.98 Å². The number of hydrogen-bond donors (Lipinski definition) is 0. The Morgan fingerprint density at radius 3 is 2.70 bits per heavy atom. The molecule has 3 heterocycles. The molecular weight excluding hydrogens is 408 g/mol. The molecule has 0 saturated heterocycles. The van der Waals surface area contributed by atoms with E-state index in [1.54, 1.807) is 0 Å². The molecule has 2 aromatic carbocycles. The minimum atomic E-state index is 0.0132. The Balaban J connectivity index is 1.44. The molecule has 1 aliphatic heterocycles. The SMILES string of the molecule is Brc1ccccc1-c1noc(-c2ncn3c2CO[C@H](c2ccccc2)C3)n1. The van der Waals surface area contributed by atoms with Gasteiger partial charge >= 0.3 is 0 Å². The van der Waals surface area contributed by atoms with Gasteiger partial charge in [-0.15, -0.1) is 0 Å². The van der Waals surface area contributed by atoms with E-state index in [1.807, 2.05) is 48.8 Å². The summed E-state index contributed by atoms with van der Waals surface area (Å²) in [7, 11) is 0. The predicted molar refractivity (Wildman–Crippen MR) is 103 cm³/mol. The van der Waals surface area contributed by atoms with Crippen molar-refractivity contribution in [3.8, 4) is 23.0 Å². The summed E-state index contributed by atoms with van der Waals surface area (Å²) < 4.78 is 14.6. The Morgan fingerprint density at radius 1 is 1.04 bits per heavy atom. The molecule has 0 bridgehead atoms. The minimum Gasteiger partial charge on any atom is -0.365 e. The molecule has 4 aromatic rings. The normalized spacial score (nSPS) is 16.3. The van der Waals surface area contributed by atoms with E-state index in [2.05, 4.69) is 47.8 Å². The molecule has 27 heavy (non-hydrogen) atoms. The number of rotatable bonds is 3. The van der Waals surface area contributed by atoms with Gasteiger partial charge in [0.25, 0.3) is 5.89 Å². The number of nitrogens with zero attached hydrogens (tertiary/aromatic N) is 4. The second kappa shape index (κ2) is 6.75. The first-order valence-electron chi connectivity index (χ1n) is 8.59. The summed E-state index contributed by atoms with van der Waals surface area (Å²) in [5, 5.41) is 4.11. The van der Waals surface area contributed by atoms with Gasteiger partial charge in [0, 0.05) is 10.0 Å². The first kappa shape index (κ1) is 16.4. The molecule has 0 radical (unpaired) electrons. The molecule has 0 N–H and O–H groups in total. The second-order valence-electron chi connectivity index (χ2n) is 6.31. The summed E-state index contributed by atoms with van der Waals surface area (Å²) in [6.45, 7) is 1.15. The van der Waals surface area contributed by atoms with Gasteiger partial charge in [-0.1, -0.05) is 63.6 Å². The Kier molecular flexibility index (Phi) is 4.10. The van der Waals surface area contributed by atoms with Gasteiger partial charge in [0.1, 0.15) is 6.10 Å². The topological polar surface area (TPSA) is 66.0 Å².